The van der Waals surface area contributed by atoms with E-state index >= 15 is 0 Å². The van der Waals surface area contributed by atoms with E-state index in [0.29, 0.717) is 6.04 Å². The van der Waals surface area contributed by atoms with Gasteiger partial charge in [0.1, 0.15) is 0 Å². The fourth-order valence-corrected chi connectivity index (χ4v) is 2.96. The highest BCUT2D eigenvalue weighted by atomic mass is 35.5. The van der Waals surface area contributed by atoms with Gasteiger partial charge >= 0.3 is 0 Å². The maximum Gasteiger partial charge on any atom is 0.0599 e. The lowest BCUT2D eigenvalue weighted by atomic mass is 10.1. The molecule has 0 radical (unpaired) electrons. The van der Waals surface area contributed by atoms with Crippen LogP contribution in [0.1, 0.15) is 25.7 Å². The molecule has 1 aromatic carbocycles. The van der Waals surface area contributed by atoms with Crippen LogP contribution in [0.4, 0.5) is 11.4 Å². The van der Waals surface area contributed by atoms with Gasteiger partial charge in [-0.1, -0.05) is 24.4 Å². The first-order chi connectivity index (χ1) is 9.34. The Morgan fingerprint density at radius 1 is 1.00 bits per heavy atom. The zero-order valence-electron chi connectivity index (χ0n) is 10.8. The summed E-state index contributed by atoms with van der Waals surface area (Å²) in [6.45, 7) is 0. The molecule has 0 N–H and O–H groups in total. The lowest BCUT2D eigenvalue weighted by Gasteiger charge is -2.31. The zero-order chi connectivity index (χ0) is 13.1. The first-order valence-electron chi connectivity index (χ1n) is 6.79. The highest BCUT2D eigenvalue weighted by molar-refractivity contribution is 6.30. The molecular formula is C16H17ClN2. The van der Waals surface area contributed by atoms with Crippen molar-refractivity contribution in [2.75, 3.05) is 4.90 Å². The summed E-state index contributed by atoms with van der Waals surface area (Å²) < 4.78 is 0. The summed E-state index contributed by atoms with van der Waals surface area (Å²) in [6, 6.07) is 12.8. The number of pyridine rings is 1. The third-order valence-corrected chi connectivity index (χ3v) is 3.97. The molecule has 3 heteroatoms. The van der Waals surface area contributed by atoms with Gasteiger partial charge in [-0.3, -0.25) is 4.98 Å². The van der Waals surface area contributed by atoms with Crippen LogP contribution < -0.4 is 4.90 Å². The highest BCUT2D eigenvalue weighted by Gasteiger charge is 2.24. The zero-order valence-corrected chi connectivity index (χ0v) is 11.6. The minimum Gasteiger partial charge on any atom is -0.337 e. The van der Waals surface area contributed by atoms with Crippen LogP contribution in [0.2, 0.25) is 5.02 Å². The highest BCUT2D eigenvalue weighted by Crippen LogP contribution is 2.34. The number of halogens is 1. The second kappa shape index (κ2) is 5.62. The van der Waals surface area contributed by atoms with Gasteiger partial charge in [0.05, 0.1) is 11.9 Å². The van der Waals surface area contributed by atoms with Crippen LogP contribution in [0, 0.1) is 0 Å². The SMILES string of the molecule is Clc1ccc(N(c2cccnc2)C2CCCC2)cc1. The third-order valence-electron chi connectivity index (χ3n) is 3.72. The molecule has 0 atom stereocenters. The van der Waals surface area contributed by atoms with Crippen LogP contribution in [-0.2, 0) is 0 Å². The van der Waals surface area contributed by atoms with E-state index in [1.165, 1.54) is 31.4 Å². The molecule has 2 aromatic rings. The molecule has 3 rings (SSSR count). The van der Waals surface area contributed by atoms with Crippen LogP contribution in [-0.4, -0.2) is 11.0 Å². The number of hydrogen-bond acceptors (Lipinski definition) is 2. The Labute approximate surface area is 119 Å². The normalized spacial score (nSPS) is 15.6. The largest absolute Gasteiger partial charge is 0.337 e. The van der Waals surface area contributed by atoms with Gasteiger partial charge in [-0.25, -0.2) is 0 Å². The summed E-state index contributed by atoms with van der Waals surface area (Å²) in [7, 11) is 0. The average molecular weight is 273 g/mol. The van der Waals surface area contributed by atoms with Crippen molar-refractivity contribution in [1.82, 2.24) is 4.98 Å². The second-order valence-electron chi connectivity index (χ2n) is 5.00. The Kier molecular flexibility index (Phi) is 3.69. The van der Waals surface area contributed by atoms with Gasteiger partial charge in [-0.05, 0) is 49.2 Å². The van der Waals surface area contributed by atoms with Gasteiger partial charge in [-0.2, -0.15) is 0 Å². The third kappa shape index (κ3) is 2.74. The average Bonchev–Trinajstić information content (AvgIpc) is 2.96. The van der Waals surface area contributed by atoms with Gasteiger partial charge in [0.15, 0.2) is 0 Å². The monoisotopic (exact) mass is 272 g/mol. The molecule has 0 unspecified atom stereocenters. The summed E-state index contributed by atoms with van der Waals surface area (Å²) in [5, 5.41) is 0.779. The molecule has 2 nitrogen and oxygen atoms in total. The van der Waals surface area contributed by atoms with Crippen molar-refractivity contribution in [3.05, 3.63) is 53.8 Å². The second-order valence-corrected chi connectivity index (χ2v) is 5.43. The van der Waals surface area contributed by atoms with Crippen LogP contribution in [0.15, 0.2) is 48.8 Å². The topological polar surface area (TPSA) is 16.1 Å². The molecule has 0 saturated heterocycles. The van der Waals surface area contributed by atoms with Crippen LogP contribution in [0.25, 0.3) is 0 Å². The van der Waals surface area contributed by atoms with Crippen LogP contribution >= 0.6 is 11.6 Å². The fraction of sp³-hybridized carbons (Fsp3) is 0.312. The molecule has 0 aliphatic heterocycles. The van der Waals surface area contributed by atoms with E-state index in [1.807, 2.05) is 30.6 Å². The number of benzene rings is 1. The van der Waals surface area contributed by atoms with Gasteiger partial charge in [0.2, 0.25) is 0 Å². The van der Waals surface area contributed by atoms with Crippen LogP contribution in [0.3, 0.4) is 0 Å². The van der Waals surface area contributed by atoms with Crippen molar-refractivity contribution in [3.63, 3.8) is 0 Å². The van der Waals surface area contributed by atoms with Crippen molar-refractivity contribution in [2.24, 2.45) is 0 Å². The molecule has 19 heavy (non-hydrogen) atoms. The van der Waals surface area contributed by atoms with E-state index in [0.717, 1.165) is 10.7 Å². The van der Waals surface area contributed by atoms with Gasteiger partial charge < -0.3 is 4.90 Å². The smallest absolute Gasteiger partial charge is 0.0599 e. The minimum absolute atomic E-state index is 0.574. The molecule has 98 valence electrons. The lowest BCUT2D eigenvalue weighted by Crippen LogP contribution is -2.28. The number of anilines is 2. The summed E-state index contributed by atoms with van der Waals surface area (Å²) >= 11 is 5.99. The van der Waals surface area contributed by atoms with E-state index in [9.17, 15) is 0 Å². The number of rotatable bonds is 3. The van der Waals surface area contributed by atoms with Crippen molar-refractivity contribution in [2.45, 2.75) is 31.7 Å². The van der Waals surface area contributed by atoms with Crippen LogP contribution in [0.5, 0.6) is 0 Å². The van der Waals surface area contributed by atoms with Crippen molar-refractivity contribution in [1.29, 1.82) is 0 Å². The standard InChI is InChI=1S/C16H17ClN2/c17-13-7-9-15(10-8-13)19(14-4-1-2-5-14)16-6-3-11-18-12-16/h3,6-12,14H,1-2,4-5H2. The molecule has 0 spiro atoms. The van der Waals surface area contributed by atoms with Crippen molar-refractivity contribution >= 4 is 23.0 Å². The first-order valence-corrected chi connectivity index (χ1v) is 7.17. The van der Waals surface area contributed by atoms with E-state index in [4.69, 9.17) is 11.6 Å². The molecule has 1 saturated carbocycles. The fourth-order valence-electron chi connectivity index (χ4n) is 2.83. The summed E-state index contributed by atoms with van der Waals surface area (Å²) in [6.07, 6.45) is 8.88. The number of hydrogen-bond donors (Lipinski definition) is 0. The Morgan fingerprint density at radius 3 is 2.37 bits per heavy atom. The first kappa shape index (κ1) is 12.5. The molecule has 0 bridgehead atoms. The summed E-state index contributed by atoms with van der Waals surface area (Å²) in [5.74, 6) is 0. The lowest BCUT2D eigenvalue weighted by molar-refractivity contribution is 0.677. The Bertz CT molecular complexity index is 518. The summed E-state index contributed by atoms with van der Waals surface area (Å²) in [4.78, 5) is 6.65. The predicted molar refractivity (Wildman–Crippen MR) is 80.1 cm³/mol. The van der Waals surface area contributed by atoms with E-state index in [1.54, 1.807) is 0 Å². The molecule has 0 amide bonds. The molecular weight excluding hydrogens is 256 g/mol. The summed E-state index contributed by atoms with van der Waals surface area (Å²) in [5.41, 5.74) is 2.36. The number of nitrogens with zero attached hydrogens (tertiary/aromatic N) is 2. The maximum absolute atomic E-state index is 5.99. The predicted octanol–water partition coefficient (Wildman–Crippen LogP) is 4.82. The quantitative estimate of drug-likeness (QED) is 0.797. The Balaban J connectivity index is 1.98. The molecule has 1 aliphatic rings. The number of aromatic nitrogens is 1. The van der Waals surface area contributed by atoms with E-state index < -0.39 is 0 Å². The van der Waals surface area contributed by atoms with Crippen molar-refractivity contribution in [3.8, 4) is 0 Å². The Morgan fingerprint density at radius 2 is 1.74 bits per heavy atom. The molecule has 1 aromatic heterocycles. The maximum atomic E-state index is 5.99. The molecule has 1 fully saturated rings. The molecule has 1 aliphatic carbocycles. The minimum atomic E-state index is 0.574. The van der Waals surface area contributed by atoms with E-state index in [2.05, 4.69) is 28.1 Å². The Hall–Kier alpha value is -1.54. The van der Waals surface area contributed by atoms with E-state index in [-0.39, 0.29) is 0 Å². The van der Waals surface area contributed by atoms with Gasteiger partial charge in [0, 0.05) is 22.9 Å². The van der Waals surface area contributed by atoms with Crippen molar-refractivity contribution < 1.29 is 0 Å². The molecule has 1 heterocycles. The van der Waals surface area contributed by atoms with Gasteiger partial charge in [0.25, 0.3) is 0 Å². The van der Waals surface area contributed by atoms with Gasteiger partial charge in [-0.15, -0.1) is 0 Å².